The monoisotopic (exact) mass is 301 g/mol. The van der Waals surface area contributed by atoms with E-state index in [9.17, 15) is 4.79 Å². The third-order valence-electron chi connectivity index (χ3n) is 2.82. The second-order valence-corrected chi connectivity index (χ2v) is 5.17. The molecule has 3 rings (SSSR count). The van der Waals surface area contributed by atoms with Gasteiger partial charge in [0.1, 0.15) is 18.1 Å². The molecule has 6 heteroatoms. The molecule has 0 saturated heterocycles. The summed E-state index contributed by atoms with van der Waals surface area (Å²) in [6.45, 7) is 0.136. The van der Waals surface area contributed by atoms with Gasteiger partial charge in [0, 0.05) is 11.6 Å². The fourth-order valence-electron chi connectivity index (χ4n) is 1.84. The lowest BCUT2D eigenvalue weighted by Crippen LogP contribution is -1.99. The topological polar surface area (TPSA) is 72.6 Å². The first-order chi connectivity index (χ1) is 10.2. The summed E-state index contributed by atoms with van der Waals surface area (Å²) in [5.41, 5.74) is 1.67. The van der Waals surface area contributed by atoms with Crippen LogP contribution in [0.1, 0.15) is 15.4 Å². The molecule has 2 heterocycles. The van der Waals surface area contributed by atoms with Gasteiger partial charge >= 0.3 is 5.97 Å². The highest BCUT2D eigenvalue weighted by atomic mass is 32.1. The van der Waals surface area contributed by atoms with E-state index in [0.717, 1.165) is 22.6 Å². The zero-order valence-electron chi connectivity index (χ0n) is 10.9. The van der Waals surface area contributed by atoms with E-state index in [2.05, 4.69) is 5.16 Å². The zero-order chi connectivity index (χ0) is 14.7. The van der Waals surface area contributed by atoms with E-state index >= 15 is 0 Å². The quantitative estimate of drug-likeness (QED) is 0.778. The van der Waals surface area contributed by atoms with Gasteiger partial charge in [-0.1, -0.05) is 35.5 Å². The summed E-state index contributed by atoms with van der Waals surface area (Å²) in [7, 11) is 0. The second-order valence-electron chi connectivity index (χ2n) is 4.25. The van der Waals surface area contributed by atoms with Gasteiger partial charge < -0.3 is 14.4 Å². The first kappa shape index (κ1) is 13.4. The Kier molecular flexibility index (Phi) is 3.70. The minimum Gasteiger partial charge on any atom is -0.484 e. The van der Waals surface area contributed by atoms with Crippen molar-refractivity contribution in [2.45, 2.75) is 6.61 Å². The summed E-state index contributed by atoms with van der Waals surface area (Å²) in [5, 5.41) is 14.6. The van der Waals surface area contributed by atoms with Crippen molar-refractivity contribution >= 4 is 17.3 Å². The van der Waals surface area contributed by atoms with Crippen LogP contribution in [0, 0.1) is 0 Å². The number of thiophene rings is 1. The Balaban J connectivity index is 1.71. The number of ether oxygens (including phenoxy) is 1. The predicted octanol–water partition coefficient (Wildman–Crippen LogP) is 3.68. The van der Waals surface area contributed by atoms with Crippen molar-refractivity contribution in [3.8, 4) is 17.0 Å². The average molecular weight is 301 g/mol. The first-order valence-electron chi connectivity index (χ1n) is 6.18. The molecule has 0 fully saturated rings. The summed E-state index contributed by atoms with van der Waals surface area (Å²) in [4.78, 5) is 11.2. The fourth-order valence-corrected chi connectivity index (χ4v) is 2.51. The summed E-state index contributed by atoms with van der Waals surface area (Å²) in [5.74, 6) is -0.121. The maximum absolute atomic E-state index is 11.0. The molecule has 1 aromatic carbocycles. The fraction of sp³-hybridized carbons (Fsp3) is 0.0667. The summed E-state index contributed by atoms with van der Waals surface area (Å²) in [6, 6.07) is 13.0. The van der Waals surface area contributed by atoms with Crippen molar-refractivity contribution in [3.05, 3.63) is 58.5 Å². The van der Waals surface area contributed by atoms with Crippen molar-refractivity contribution < 1.29 is 19.2 Å². The van der Waals surface area contributed by atoms with E-state index in [1.54, 1.807) is 17.5 Å². The van der Waals surface area contributed by atoms with Crippen LogP contribution in [0.15, 0.2) is 52.4 Å². The summed E-state index contributed by atoms with van der Waals surface area (Å²) >= 11 is 1.12. The Morgan fingerprint density at radius 3 is 2.86 bits per heavy atom. The first-order valence-corrected chi connectivity index (χ1v) is 7.06. The normalized spacial score (nSPS) is 10.5. The average Bonchev–Trinajstić information content (AvgIpc) is 3.15. The number of carbonyl (C=O) groups is 1. The molecule has 2 aromatic heterocycles. The van der Waals surface area contributed by atoms with Crippen molar-refractivity contribution in [2.24, 2.45) is 0 Å². The zero-order valence-corrected chi connectivity index (χ0v) is 11.7. The standard InChI is InChI=1S/C15H11NO4S/c17-15(18)14-13(6-7-21-14)19-9-11-8-12(16-20-11)10-4-2-1-3-5-10/h1-8H,9H2,(H,17,18). The molecule has 0 unspecified atom stereocenters. The number of aromatic carboxylic acids is 1. The van der Waals surface area contributed by atoms with Crippen molar-refractivity contribution in [1.29, 1.82) is 0 Å². The molecule has 0 radical (unpaired) electrons. The van der Waals surface area contributed by atoms with Gasteiger partial charge in [-0.3, -0.25) is 0 Å². The van der Waals surface area contributed by atoms with E-state index in [-0.39, 0.29) is 11.5 Å². The molecule has 106 valence electrons. The maximum Gasteiger partial charge on any atom is 0.349 e. The number of benzene rings is 1. The molecule has 0 spiro atoms. The third-order valence-corrected chi connectivity index (χ3v) is 3.71. The number of nitrogens with zero attached hydrogens (tertiary/aromatic N) is 1. The van der Waals surface area contributed by atoms with Crippen molar-refractivity contribution in [3.63, 3.8) is 0 Å². The van der Waals surface area contributed by atoms with Gasteiger partial charge in [0.25, 0.3) is 0 Å². The van der Waals surface area contributed by atoms with Crippen LogP contribution < -0.4 is 4.74 Å². The molecule has 21 heavy (non-hydrogen) atoms. The van der Waals surface area contributed by atoms with E-state index < -0.39 is 5.97 Å². The summed E-state index contributed by atoms with van der Waals surface area (Å²) in [6.07, 6.45) is 0. The minimum atomic E-state index is -0.998. The van der Waals surface area contributed by atoms with Crippen LogP contribution in [0.5, 0.6) is 5.75 Å². The second kappa shape index (κ2) is 5.80. The molecule has 0 aliphatic carbocycles. The van der Waals surface area contributed by atoms with Crippen LogP contribution in [0.4, 0.5) is 0 Å². The van der Waals surface area contributed by atoms with Gasteiger partial charge in [0.2, 0.25) is 0 Å². The van der Waals surface area contributed by atoms with Gasteiger partial charge in [-0.05, 0) is 11.4 Å². The molecule has 3 aromatic rings. The predicted molar refractivity (Wildman–Crippen MR) is 77.5 cm³/mol. The molecule has 0 saturated carbocycles. The van der Waals surface area contributed by atoms with Crippen LogP contribution in [-0.4, -0.2) is 16.2 Å². The lowest BCUT2D eigenvalue weighted by atomic mass is 10.1. The van der Waals surface area contributed by atoms with Crippen molar-refractivity contribution in [2.75, 3.05) is 0 Å². The highest BCUT2D eigenvalue weighted by molar-refractivity contribution is 7.12. The van der Waals surface area contributed by atoms with Gasteiger partial charge in [0.05, 0.1) is 0 Å². The Bertz CT molecular complexity index is 748. The smallest absolute Gasteiger partial charge is 0.349 e. The van der Waals surface area contributed by atoms with Crippen molar-refractivity contribution in [1.82, 2.24) is 5.16 Å². The molecule has 0 aliphatic rings. The molecule has 0 atom stereocenters. The minimum absolute atomic E-state index is 0.136. The largest absolute Gasteiger partial charge is 0.484 e. The van der Waals surface area contributed by atoms with Gasteiger partial charge in [0.15, 0.2) is 10.6 Å². The molecule has 0 aliphatic heterocycles. The maximum atomic E-state index is 11.0. The molecule has 1 N–H and O–H groups in total. The number of carboxylic acid groups (broad SMARTS) is 1. The Labute approximate surface area is 124 Å². The number of rotatable bonds is 5. The van der Waals surface area contributed by atoms with Gasteiger partial charge in [-0.15, -0.1) is 11.3 Å². The highest BCUT2D eigenvalue weighted by Gasteiger charge is 2.14. The van der Waals surface area contributed by atoms with E-state index in [1.165, 1.54) is 0 Å². The SMILES string of the molecule is O=C(O)c1sccc1OCc1cc(-c2ccccc2)no1. The summed E-state index contributed by atoms with van der Waals surface area (Å²) < 4.78 is 10.7. The number of carboxylic acids is 1. The molecule has 0 amide bonds. The highest BCUT2D eigenvalue weighted by Crippen LogP contribution is 2.26. The Hall–Kier alpha value is -2.60. The van der Waals surface area contributed by atoms with Crippen LogP contribution >= 0.6 is 11.3 Å². The number of hydrogen-bond donors (Lipinski definition) is 1. The third kappa shape index (κ3) is 2.95. The van der Waals surface area contributed by atoms with Crippen LogP contribution in [0.25, 0.3) is 11.3 Å². The molecule has 0 bridgehead atoms. The Morgan fingerprint density at radius 1 is 1.29 bits per heavy atom. The number of aromatic nitrogens is 1. The lowest BCUT2D eigenvalue weighted by molar-refractivity contribution is 0.0697. The van der Waals surface area contributed by atoms with Gasteiger partial charge in [-0.25, -0.2) is 4.79 Å². The van der Waals surface area contributed by atoms with E-state index in [1.807, 2.05) is 30.3 Å². The van der Waals surface area contributed by atoms with Gasteiger partial charge in [-0.2, -0.15) is 0 Å². The van der Waals surface area contributed by atoms with Crippen LogP contribution in [0.3, 0.4) is 0 Å². The molecular formula is C15H11NO4S. The molecule has 5 nitrogen and oxygen atoms in total. The number of hydrogen-bond acceptors (Lipinski definition) is 5. The lowest BCUT2D eigenvalue weighted by Gasteiger charge is -2.01. The molecular weight excluding hydrogens is 290 g/mol. The van der Waals surface area contributed by atoms with Crippen LogP contribution in [0.2, 0.25) is 0 Å². The van der Waals surface area contributed by atoms with E-state index in [0.29, 0.717) is 11.5 Å². The van der Waals surface area contributed by atoms with E-state index in [4.69, 9.17) is 14.4 Å². The van der Waals surface area contributed by atoms with Crippen LogP contribution in [-0.2, 0) is 6.61 Å². The Morgan fingerprint density at radius 2 is 2.10 bits per heavy atom.